The monoisotopic (exact) mass is 464 g/mol. The lowest BCUT2D eigenvalue weighted by Gasteiger charge is -2.32. The Morgan fingerprint density at radius 3 is 2.24 bits per heavy atom. The summed E-state index contributed by atoms with van der Waals surface area (Å²) in [5.74, 6) is -1.01. The van der Waals surface area contributed by atoms with E-state index in [-0.39, 0.29) is 13.1 Å². The summed E-state index contributed by atoms with van der Waals surface area (Å²) in [6.07, 6.45) is -0.759. The molecule has 8 nitrogen and oxygen atoms in total. The maximum Gasteiger partial charge on any atom is 0.408 e. The van der Waals surface area contributed by atoms with Gasteiger partial charge in [-0.25, -0.2) is 4.79 Å². The van der Waals surface area contributed by atoms with Gasteiger partial charge in [0.05, 0.1) is 6.07 Å². The Bertz CT molecular complexity index is 1020. The fourth-order valence-corrected chi connectivity index (χ4v) is 3.27. The quantitative estimate of drug-likeness (QED) is 0.580. The SMILES string of the molecule is Cc1ccc(C(C(=O)NCc2ccccc2)N(CC#N)C(=O)C(C)NC(=O)OC(C)(C)C)cc1. The second-order valence-electron chi connectivity index (χ2n) is 9.01. The van der Waals surface area contributed by atoms with Crippen LogP contribution >= 0.6 is 0 Å². The number of benzene rings is 2. The lowest BCUT2D eigenvalue weighted by Crippen LogP contribution is -2.52. The summed E-state index contributed by atoms with van der Waals surface area (Å²) >= 11 is 0. The Hall–Kier alpha value is -3.86. The molecule has 0 saturated carbocycles. The number of amides is 3. The van der Waals surface area contributed by atoms with Crippen LogP contribution in [0.2, 0.25) is 0 Å². The average molecular weight is 465 g/mol. The third-order valence-corrected chi connectivity index (χ3v) is 4.89. The van der Waals surface area contributed by atoms with Gasteiger partial charge in [0.15, 0.2) is 0 Å². The van der Waals surface area contributed by atoms with Crippen LogP contribution < -0.4 is 10.6 Å². The van der Waals surface area contributed by atoms with Crippen molar-refractivity contribution in [3.63, 3.8) is 0 Å². The first-order chi connectivity index (χ1) is 16.0. The highest BCUT2D eigenvalue weighted by Crippen LogP contribution is 2.23. The van der Waals surface area contributed by atoms with E-state index in [0.717, 1.165) is 11.1 Å². The predicted molar refractivity (Wildman–Crippen MR) is 128 cm³/mol. The number of aryl methyl sites for hydroxylation is 1. The molecule has 0 radical (unpaired) electrons. The lowest BCUT2D eigenvalue weighted by atomic mass is 10.0. The smallest absolute Gasteiger partial charge is 0.408 e. The molecule has 34 heavy (non-hydrogen) atoms. The Labute approximate surface area is 200 Å². The van der Waals surface area contributed by atoms with Crippen molar-refractivity contribution in [1.82, 2.24) is 15.5 Å². The van der Waals surface area contributed by atoms with Gasteiger partial charge in [-0.05, 0) is 45.7 Å². The summed E-state index contributed by atoms with van der Waals surface area (Å²) in [7, 11) is 0. The Morgan fingerprint density at radius 2 is 1.68 bits per heavy atom. The van der Waals surface area contributed by atoms with Gasteiger partial charge in [-0.15, -0.1) is 0 Å². The molecule has 3 amide bonds. The van der Waals surface area contributed by atoms with Crippen molar-refractivity contribution in [2.45, 2.75) is 58.8 Å². The van der Waals surface area contributed by atoms with E-state index >= 15 is 0 Å². The van der Waals surface area contributed by atoms with Gasteiger partial charge in [0, 0.05) is 6.54 Å². The molecule has 0 bridgehead atoms. The van der Waals surface area contributed by atoms with Crippen molar-refractivity contribution >= 4 is 17.9 Å². The molecule has 0 aliphatic carbocycles. The van der Waals surface area contributed by atoms with Crippen molar-refractivity contribution in [3.8, 4) is 6.07 Å². The third kappa shape index (κ3) is 7.93. The van der Waals surface area contributed by atoms with E-state index in [1.54, 1.807) is 32.9 Å². The third-order valence-electron chi connectivity index (χ3n) is 4.89. The molecule has 2 rings (SSSR count). The highest BCUT2D eigenvalue weighted by Gasteiger charge is 2.34. The highest BCUT2D eigenvalue weighted by atomic mass is 16.6. The Kier molecular flexibility index (Phi) is 9.19. The van der Waals surface area contributed by atoms with Crippen LogP contribution in [0.3, 0.4) is 0 Å². The first-order valence-electron chi connectivity index (χ1n) is 11.1. The number of alkyl carbamates (subject to hydrolysis) is 1. The minimum absolute atomic E-state index is 0.266. The van der Waals surface area contributed by atoms with E-state index in [1.165, 1.54) is 11.8 Å². The fraction of sp³-hybridized carbons (Fsp3) is 0.385. The zero-order valence-corrected chi connectivity index (χ0v) is 20.3. The van der Waals surface area contributed by atoms with Crippen molar-refractivity contribution in [1.29, 1.82) is 5.26 Å². The molecule has 2 aromatic rings. The predicted octanol–water partition coefficient (Wildman–Crippen LogP) is 3.62. The number of carbonyl (C=O) groups excluding carboxylic acids is 3. The first-order valence-corrected chi connectivity index (χ1v) is 11.1. The van der Waals surface area contributed by atoms with Crippen LogP contribution in [0.4, 0.5) is 4.79 Å². The second kappa shape index (κ2) is 11.8. The molecule has 8 heteroatoms. The van der Waals surface area contributed by atoms with E-state index in [0.29, 0.717) is 5.56 Å². The molecule has 2 unspecified atom stereocenters. The van der Waals surface area contributed by atoms with E-state index in [9.17, 15) is 19.6 Å². The molecule has 0 fully saturated rings. The summed E-state index contributed by atoms with van der Waals surface area (Å²) in [6.45, 7) is 8.48. The van der Waals surface area contributed by atoms with Gasteiger partial charge in [-0.2, -0.15) is 5.26 Å². The van der Waals surface area contributed by atoms with Gasteiger partial charge in [0.1, 0.15) is 24.2 Å². The number of carbonyl (C=O) groups is 3. The lowest BCUT2D eigenvalue weighted by molar-refractivity contribution is -0.141. The zero-order chi connectivity index (χ0) is 25.3. The molecule has 0 spiro atoms. The normalized spacial score (nSPS) is 12.6. The molecular weight excluding hydrogens is 432 g/mol. The molecule has 180 valence electrons. The molecule has 0 aromatic heterocycles. The van der Waals surface area contributed by atoms with Crippen LogP contribution in [0.1, 0.15) is 50.4 Å². The van der Waals surface area contributed by atoms with Crippen LogP contribution in [0, 0.1) is 18.3 Å². The van der Waals surface area contributed by atoms with Gasteiger partial charge >= 0.3 is 6.09 Å². The van der Waals surface area contributed by atoms with Crippen LogP contribution in [0.5, 0.6) is 0 Å². The molecular formula is C26H32N4O4. The van der Waals surface area contributed by atoms with Crippen molar-refractivity contribution in [2.75, 3.05) is 6.54 Å². The van der Waals surface area contributed by atoms with Crippen LogP contribution in [0.15, 0.2) is 54.6 Å². The maximum absolute atomic E-state index is 13.3. The number of hydrogen-bond donors (Lipinski definition) is 2. The number of nitrogens with zero attached hydrogens (tertiary/aromatic N) is 2. The highest BCUT2D eigenvalue weighted by molar-refractivity contribution is 5.92. The molecule has 0 aliphatic rings. The Morgan fingerprint density at radius 1 is 1.06 bits per heavy atom. The van der Waals surface area contributed by atoms with Crippen LogP contribution in [-0.4, -0.2) is 41.0 Å². The minimum atomic E-state index is -1.06. The van der Waals surface area contributed by atoms with Crippen LogP contribution in [0.25, 0.3) is 0 Å². The molecule has 0 saturated heterocycles. The largest absolute Gasteiger partial charge is 0.444 e. The number of rotatable bonds is 8. The van der Waals surface area contributed by atoms with Gasteiger partial charge in [0.2, 0.25) is 11.8 Å². The summed E-state index contributed by atoms with van der Waals surface area (Å²) in [4.78, 5) is 40.0. The van der Waals surface area contributed by atoms with E-state index in [1.807, 2.05) is 55.5 Å². The number of ether oxygens (including phenoxy) is 1. The first kappa shape index (κ1) is 26.4. The molecule has 0 aliphatic heterocycles. The van der Waals surface area contributed by atoms with Gasteiger partial charge in [-0.1, -0.05) is 60.2 Å². The van der Waals surface area contributed by atoms with Crippen molar-refractivity contribution in [3.05, 3.63) is 71.3 Å². The zero-order valence-electron chi connectivity index (χ0n) is 20.3. The Balaban J connectivity index is 2.30. The molecule has 2 N–H and O–H groups in total. The molecule has 2 aromatic carbocycles. The summed E-state index contributed by atoms with van der Waals surface area (Å²) in [6, 6.07) is 16.5. The fourth-order valence-electron chi connectivity index (χ4n) is 3.27. The molecule has 2 atom stereocenters. The number of hydrogen-bond acceptors (Lipinski definition) is 5. The standard InChI is InChI=1S/C26H32N4O4/c1-18-11-13-21(14-12-18)22(23(31)28-17-20-9-7-6-8-10-20)30(16-15-27)24(32)19(2)29-25(33)34-26(3,4)5/h6-14,19,22H,16-17H2,1-5H3,(H,28,31)(H,29,33). The van der Waals surface area contributed by atoms with E-state index in [2.05, 4.69) is 10.6 Å². The minimum Gasteiger partial charge on any atom is -0.444 e. The number of nitriles is 1. The summed E-state index contributed by atoms with van der Waals surface area (Å²) < 4.78 is 5.23. The van der Waals surface area contributed by atoms with Gasteiger partial charge < -0.3 is 20.3 Å². The summed E-state index contributed by atoms with van der Waals surface area (Å²) in [5.41, 5.74) is 1.71. The van der Waals surface area contributed by atoms with Crippen LogP contribution in [-0.2, 0) is 20.9 Å². The topological polar surface area (TPSA) is 112 Å². The van der Waals surface area contributed by atoms with Crippen molar-refractivity contribution < 1.29 is 19.1 Å². The second-order valence-corrected chi connectivity index (χ2v) is 9.01. The average Bonchev–Trinajstić information content (AvgIpc) is 2.77. The van der Waals surface area contributed by atoms with Gasteiger partial charge in [-0.3, -0.25) is 9.59 Å². The van der Waals surface area contributed by atoms with Crippen molar-refractivity contribution in [2.24, 2.45) is 0 Å². The van der Waals surface area contributed by atoms with Gasteiger partial charge in [0.25, 0.3) is 0 Å². The molecule has 0 heterocycles. The number of nitrogens with one attached hydrogen (secondary N) is 2. The summed E-state index contributed by atoms with van der Waals surface area (Å²) in [5, 5.41) is 14.8. The maximum atomic E-state index is 13.3. The van der Waals surface area contributed by atoms with E-state index in [4.69, 9.17) is 4.74 Å². The van der Waals surface area contributed by atoms with E-state index < -0.39 is 35.6 Å².